The number of hydrogen-bond donors (Lipinski definition) is 3. The first-order chi connectivity index (χ1) is 14.3. The van der Waals surface area contributed by atoms with Crippen molar-refractivity contribution in [3.8, 4) is 0 Å². The Bertz CT molecular complexity index is 1080. The van der Waals surface area contributed by atoms with Gasteiger partial charge in [0.2, 0.25) is 0 Å². The van der Waals surface area contributed by atoms with Crippen LogP contribution < -0.4 is 10.6 Å². The Morgan fingerprint density at radius 1 is 1.03 bits per heavy atom. The van der Waals surface area contributed by atoms with Crippen molar-refractivity contribution >= 4 is 40.8 Å². The zero-order chi connectivity index (χ0) is 19.9. The normalized spacial score (nSPS) is 11.3. The molecule has 0 atom stereocenters. The minimum atomic E-state index is 0. The topological polar surface area (TPSA) is 70.0 Å². The van der Waals surface area contributed by atoms with E-state index in [1.165, 1.54) is 22.0 Å². The quantitative estimate of drug-likeness (QED) is 0.199. The molecule has 0 saturated heterocycles. The number of nitrogens with zero attached hydrogens (tertiary/aromatic N) is 3. The van der Waals surface area contributed by atoms with Crippen molar-refractivity contribution in [2.75, 3.05) is 13.6 Å². The van der Waals surface area contributed by atoms with Gasteiger partial charge in [0.05, 0.1) is 12.7 Å². The van der Waals surface area contributed by atoms with Crippen LogP contribution in [0, 0.1) is 0 Å². The molecule has 4 rings (SSSR count). The van der Waals surface area contributed by atoms with Gasteiger partial charge in [0.1, 0.15) is 0 Å². The maximum atomic E-state index is 4.45. The predicted octanol–water partition coefficient (Wildman–Crippen LogP) is 3.94. The molecule has 0 amide bonds. The van der Waals surface area contributed by atoms with Gasteiger partial charge in [-0.2, -0.15) is 5.10 Å². The summed E-state index contributed by atoms with van der Waals surface area (Å²) >= 11 is 0. The van der Waals surface area contributed by atoms with Crippen molar-refractivity contribution in [1.82, 2.24) is 25.4 Å². The van der Waals surface area contributed by atoms with E-state index in [0.717, 1.165) is 31.0 Å². The molecule has 156 valence electrons. The number of fused-ring (bicyclic) bond motifs is 1. The van der Waals surface area contributed by atoms with Crippen LogP contribution >= 0.6 is 24.0 Å². The number of nitrogens with one attached hydrogen (secondary N) is 3. The maximum Gasteiger partial charge on any atom is 0.191 e. The lowest BCUT2D eigenvalue weighted by atomic mass is 10.1. The number of aromatic amines is 1. The lowest BCUT2D eigenvalue weighted by Crippen LogP contribution is -2.37. The summed E-state index contributed by atoms with van der Waals surface area (Å²) in [6.07, 6.45) is 6.98. The third kappa shape index (κ3) is 5.63. The lowest BCUT2D eigenvalue weighted by Gasteiger charge is -2.11. The van der Waals surface area contributed by atoms with Crippen LogP contribution in [0.3, 0.4) is 0 Å². The van der Waals surface area contributed by atoms with Gasteiger partial charge in [-0.25, -0.2) is 0 Å². The number of benzene rings is 2. The number of aliphatic imine (C=N–C) groups is 1. The summed E-state index contributed by atoms with van der Waals surface area (Å²) in [7, 11) is 1.79. The molecular formula is C23H27IN6. The number of para-hydroxylation sites is 1. The van der Waals surface area contributed by atoms with E-state index in [9.17, 15) is 0 Å². The third-order valence-corrected chi connectivity index (χ3v) is 4.92. The molecule has 3 N–H and O–H groups in total. The van der Waals surface area contributed by atoms with E-state index in [0.29, 0.717) is 6.54 Å². The van der Waals surface area contributed by atoms with Gasteiger partial charge in [0, 0.05) is 49.0 Å². The average Bonchev–Trinajstić information content (AvgIpc) is 3.38. The Morgan fingerprint density at radius 2 is 1.83 bits per heavy atom. The van der Waals surface area contributed by atoms with Crippen LogP contribution in [-0.2, 0) is 19.5 Å². The molecule has 0 aliphatic rings. The van der Waals surface area contributed by atoms with E-state index >= 15 is 0 Å². The fourth-order valence-corrected chi connectivity index (χ4v) is 3.42. The number of rotatable bonds is 7. The third-order valence-electron chi connectivity index (χ3n) is 4.92. The molecule has 2 heterocycles. The molecule has 0 radical (unpaired) electrons. The molecule has 7 heteroatoms. The first kappa shape index (κ1) is 21.9. The molecule has 30 heavy (non-hydrogen) atoms. The van der Waals surface area contributed by atoms with Crippen molar-refractivity contribution in [3.05, 3.63) is 89.9 Å². The summed E-state index contributed by atoms with van der Waals surface area (Å²) in [4.78, 5) is 7.64. The Hall–Kier alpha value is -2.81. The van der Waals surface area contributed by atoms with Gasteiger partial charge < -0.3 is 15.6 Å². The molecule has 2 aromatic heterocycles. The number of guanidine groups is 1. The second-order valence-corrected chi connectivity index (χ2v) is 6.99. The van der Waals surface area contributed by atoms with Crippen molar-refractivity contribution in [1.29, 1.82) is 0 Å². The summed E-state index contributed by atoms with van der Waals surface area (Å²) in [5.41, 5.74) is 4.86. The molecule has 0 bridgehead atoms. The number of aromatic nitrogens is 3. The minimum Gasteiger partial charge on any atom is -0.361 e. The Balaban J connectivity index is 0.00000256. The summed E-state index contributed by atoms with van der Waals surface area (Å²) in [5.74, 6) is 0.792. The zero-order valence-electron chi connectivity index (χ0n) is 17.0. The average molecular weight is 514 g/mol. The van der Waals surface area contributed by atoms with Crippen LogP contribution in [0.5, 0.6) is 0 Å². The molecule has 2 aromatic carbocycles. The highest BCUT2D eigenvalue weighted by molar-refractivity contribution is 14.0. The summed E-state index contributed by atoms with van der Waals surface area (Å²) in [6.45, 7) is 2.27. The first-order valence-corrected chi connectivity index (χ1v) is 9.86. The molecule has 0 saturated carbocycles. The van der Waals surface area contributed by atoms with Gasteiger partial charge in [-0.05, 0) is 23.6 Å². The predicted molar refractivity (Wildman–Crippen MR) is 133 cm³/mol. The summed E-state index contributed by atoms with van der Waals surface area (Å²) < 4.78 is 1.96. The molecular weight excluding hydrogens is 487 g/mol. The Labute approximate surface area is 193 Å². The standard InChI is InChI=1S/C23H26N6.HI/c1-24-23(25-12-11-20-15-26-22-10-6-5-9-21(20)22)27-13-19-14-28-29(17-19)16-18-7-3-2-4-8-18;/h2-10,14-15,17,26H,11-13,16H2,1H3,(H2,24,25,27);1H. The van der Waals surface area contributed by atoms with Crippen LogP contribution in [0.1, 0.15) is 16.7 Å². The molecule has 0 fully saturated rings. The van der Waals surface area contributed by atoms with Gasteiger partial charge in [-0.3, -0.25) is 9.67 Å². The van der Waals surface area contributed by atoms with E-state index in [1.54, 1.807) is 7.05 Å². The maximum absolute atomic E-state index is 4.45. The van der Waals surface area contributed by atoms with Crippen LogP contribution in [0.25, 0.3) is 10.9 Å². The molecule has 0 spiro atoms. The van der Waals surface area contributed by atoms with E-state index < -0.39 is 0 Å². The summed E-state index contributed by atoms with van der Waals surface area (Å²) in [6, 6.07) is 18.7. The second kappa shape index (κ2) is 10.8. The van der Waals surface area contributed by atoms with Crippen LogP contribution in [0.2, 0.25) is 0 Å². The summed E-state index contributed by atoms with van der Waals surface area (Å²) in [5, 5.41) is 12.5. The Kier molecular flexibility index (Phi) is 7.89. The number of H-pyrrole nitrogens is 1. The van der Waals surface area contributed by atoms with E-state index in [-0.39, 0.29) is 24.0 Å². The van der Waals surface area contributed by atoms with Crippen molar-refractivity contribution in [3.63, 3.8) is 0 Å². The van der Waals surface area contributed by atoms with Crippen molar-refractivity contribution in [2.45, 2.75) is 19.5 Å². The fourth-order valence-electron chi connectivity index (χ4n) is 3.42. The molecule has 6 nitrogen and oxygen atoms in total. The van der Waals surface area contributed by atoms with Gasteiger partial charge >= 0.3 is 0 Å². The number of hydrogen-bond acceptors (Lipinski definition) is 2. The Morgan fingerprint density at radius 3 is 2.67 bits per heavy atom. The zero-order valence-corrected chi connectivity index (χ0v) is 19.3. The van der Waals surface area contributed by atoms with E-state index in [2.05, 4.69) is 74.5 Å². The highest BCUT2D eigenvalue weighted by Crippen LogP contribution is 2.17. The molecule has 0 aliphatic heterocycles. The van der Waals surface area contributed by atoms with E-state index in [1.807, 2.05) is 29.1 Å². The van der Waals surface area contributed by atoms with E-state index in [4.69, 9.17) is 0 Å². The first-order valence-electron chi connectivity index (χ1n) is 9.86. The van der Waals surface area contributed by atoms with Gasteiger partial charge in [0.15, 0.2) is 5.96 Å². The van der Waals surface area contributed by atoms with Crippen molar-refractivity contribution in [2.24, 2.45) is 4.99 Å². The highest BCUT2D eigenvalue weighted by Gasteiger charge is 2.05. The smallest absolute Gasteiger partial charge is 0.191 e. The lowest BCUT2D eigenvalue weighted by molar-refractivity contribution is 0.685. The molecule has 0 unspecified atom stereocenters. The van der Waals surface area contributed by atoms with Crippen LogP contribution in [0.15, 0.2) is 78.2 Å². The van der Waals surface area contributed by atoms with Crippen LogP contribution in [-0.4, -0.2) is 34.3 Å². The SMILES string of the molecule is CN=C(NCCc1c[nH]c2ccccc12)NCc1cnn(Cc2ccccc2)c1.I. The monoisotopic (exact) mass is 514 g/mol. The fraction of sp³-hybridized carbons (Fsp3) is 0.217. The minimum absolute atomic E-state index is 0. The second-order valence-electron chi connectivity index (χ2n) is 6.99. The van der Waals surface area contributed by atoms with Crippen molar-refractivity contribution < 1.29 is 0 Å². The van der Waals surface area contributed by atoms with Crippen LogP contribution in [0.4, 0.5) is 0 Å². The number of halogens is 1. The largest absolute Gasteiger partial charge is 0.361 e. The molecule has 0 aliphatic carbocycles. The van der Waals surface area contributed by atoms with Gasteiger partial charge in [-0.15, -0.1) is 24.0 Å². The highest BCUT2D eigenvalue weighted by atomic mass is 127. The molecule has 4 aromatic rings. The van der Waals surface area contributed by atoms with Gasteiger partial charge in [-0.1, -0.05) is 48.5 Å². The van der Waals surface area contributed by atoms with Gasteiger partial charge in [0.25, 0.3) is 0 Å².